The molecular weight excluding hydrogens is 238 g/mol. The van der Waals surface area contributed by atoms with Gasteiger partial charge in [0.05, 0.1) is 19.8 Å². The van der Waals surface area contributed by atoms with Crippen molar-refractivity contribution in [1.82, 2.24) is 4.90 Å². The number of methoxy groups -OCH3 is 1. The van der Waals surface area contributed by atoms with Crippen LogP contribution in [-0.2, 0) is 0 Å². The first-order valence-corrected chi connectivity index (χ1v) is 7.17. The Morgan fingerprint density at radius 1 is 1.21 bits per heavy atom. The molecule has 1 aliphatic rings. The molecule has 1 aromatic rings. The number of nitrogens with zero attached hydrogens (tertiary/aromatic N) is 1. The van der Waals surface area contributed by atoms with Gasteiger partial charge >= 0.3 is 0 Å². The molecule has 0 aliphatic carbocycles. The van der Waals surface area contributed by atoms with E-state index < -0.39 is 0 Å². The lowest BCUT2D eigenvalue weighted by molar-refractivity contribution is 0.102. The Labute approximate surface area is 116 Å². The minimum absolute atomic E-state index is 0.0656. The van der Waals surface area contributed by atoms with E-state index in [1.165, 1.54) is 30.4 Å². The van der Waals surface area contributed by atoms with Crippen LogP contribution < -0.4 is 4.74 Å². The Hall–Kier alpha value is -1.06. The van der Waals surface area contributed by atoms with Crippen molar-refractivity contribution >= 4 is 0 Å². The van der Waals surface area contributed by atoms with Gasteiger partial charge in [-0.3, -0.25) is 4.90 Å². The Kier molecular flexibility index (Phi) is 4.83. The van der Waals surface area contributed by atoms with Gasteiger partial charge < -0.3 is 9.84 Å². The molecule has 0 radical (unpaired) electrons. The number of hydrogen-bond donors (Lipinski definition) is 1. The van der Waals surface area contributed by atoms with Crippen LogP contribution >= 0.6 is 0 Å². The fourth-order valence-corrected chi connectivity index (χ4v) is 3.16. The quantitative estimate of drug-likeness (QED) is 0.906. The summed E-state index contributed by atoms with van der Waals surface area (Å²) in [6.45, 7) is 6.48. The monoisotopic (exact) mass is 263 g/mol. The molecule has 0 aromatic heterocycles. The molecule has 1 unspecified atom stereocenters. The highest BCUT2D eigenvalue weighted by atomic mass is 16.5. The van der Waals surface area contributed by atoms with Gasteiger partial charge in [0.25, 0.3) is 0 Å². The summed E-state index contributed by atoms with van der Waals surface area (Å²) in [5.41, 5.74) is 3.56. The Morgan fingerprint density at radius 3 is 2.47 bits per heavy atom. The van der Waals surface area contributed by atoms with E-state index in [1.807, 2.05) is 0 Å². The van der Waals surface area contributed by atoms with Crippen LogP contribution in [0.15, 0.2) is 12.1 Å². The number of aryl methyl sites for hydroxylation is 2. The Morgan fingerprint density at radius 2 is 1.89 bits per heavy atom. The van der Waals surface area contributed by atoms with Crippen molar-refractivity contribution in [2.75, 3.05) is 26.8 Å². The van der Waals surface area contributed by atoms with Gasteiger partial charge in [-0.1, -0.05) is 12.5 Å². The summed E-state index contributed by atoms with van der Waals surface area (Å²) < 4.78 is 5.54. The summed E-state index contributed by atoms with van der Waals surface area (Å²) in [7, 11) is 1.71. The van der Waals surface area contributed by atoms with E-state index in [4.69, 9.17) is 4.74 Å². The topological polar surface area (TPSA) is 32.7 Å². The summed E-state index contributed by atoms with van der Waals surface area (Å²) >= 11 is 0. The predicted molar refractivity (Wildman–Crippen MR) is 77.7 cm³/mol. The van der Waals surface area contributed by atoms with Crippen LogP contribution in [0.25, 0.3) is 0 Å². The number of likely N-dealkylation sites (tertiary alicyclic amines) is 1. The maximum absolute atomic E-state index is 9.85. The fourth-order valence-electron chi connectivity index (χ4n) is 3.16. The molecule has 1 atom stereocenters. The highest BCUT2D eigenvalue weighted by Gasteiger charge is 2.25. The minimum atomic E-state index is 0.0656. The van der Waals surface area contributed by atoms with Crippen LogP contribution in [0, 0.1) is 13.8 Å². The molecular formula is C16H25NO2. The number of aliphatic hydroxyl groups excluding tert-OH is 1. The molecule has 0 amide bonds. The number of ether oxygens (including phenoxy) is 1. The number of hydrogen-bond acceptors (Lipinski definition) is 3. The minimum Gasteiger partial charge on any atom is -0.496 e. The van der Waals surface area contributed by atoms with E-state index in [0.717, 1.165) is 24.4 Å². The van der Waals surface area contributed by atoms with Crippen LogP contribution in [-0.4, -0.2) is 36.8 Å². The summed E-state index contributed by atoms with van der Waals surface area (Å²) in [6.07, 6.45) is 3.76. The maximum Gasteiger partial charge on any atom is 0.124 e. The van der Waals surface area contributed by atoms with E-state index in [-0.39, 0.29) is 12.6 Å². The number of rotatable bonds is 4. The number of piperidine rings is 1. The average molecular weight is 263 g/mol. The van der Waals surface area contributed by atoms with Gasteiger partial charge in [0.2, 0.25) is 0 Å². The summed E-state index contributed by atoms with van der Waals surface area (Å²) in [4.78, 5) is 2.39. The maximum atomic E-state index is 9.85. The first-order valence-electron chi connectivity index (χ1n) is 7.17. The fraction of sp³-hybridized carbons (Fsp3) is 0.625. The van der Waals surface area contributed by atoms with Gasteiger partial charge in [0.1, 0.15) is 5.75 Å². The molecule has 0 bridgehead atoms. The summed E-state index contributed by atoms with van der Waals surface area (Å²) in [6, 6.07) is 4.30. The van der Waals surface area contributed by atoms with E-state index in [9.17, 15) is 5.11 Å². The molecule has 0 spiro atoms. The normalized spacial score (nSPS) is 18.3. The van der Waals surface area contributed by atoms with Crippen molar-refractivity contribution in [2.24, 2.45) is 0 Å². The largest absolute Gasteiger partial charge is 0.496 e. The van der Waals surface area contributed by atoms with Gasteiger partial charge in [0, 0.05) is 5.56 Å². The highest BCUT2D eigenvalue weighted by Crippen LogP contribution is 2.34. The van der Waals surface area contributed by atoms with Crippen molar-refractivity contribution in [2.45, 2.75) is 39.2 Å². The van der Waals surface area contributed by atoms with Gasteiger partial charge in [-0.2, -0.15) is 0 Å². The zero-order valence-electron chi connectivity index (χ0n) is 12.3. The van der Waals surface area contributed by atoms with Gasteiger partial charge in [-0.15, -0.1) is 0 Å². The van der Waals surface area contributed by atoms with Crippen LogP contribution in [0.1, 0.15) is 42.0 Å². The second-order valence-corrected chi connectivity index (χ2v) is 5.49. The molecule has 1 aliphatic heterocycles. The van der Waals surface area contributed by atoms with Crippen LogP contribution in [0.4, 0.5) is 0 Å². The van der Waals surface area contributed by atoms with Crippen molar-refractivity contribution in [3.05, 3.63) is 28.8 Å². The molecule has 19 heavy (non-hydrogen) atoms. The van der Waals surface area contributed by atoms with Crippen LogP contribution in [0.2, 0.25) is 0 Å². The van der Waals surface area contributed by atoms with E-state index in [1.54, 1.807) is 7.11 Å². The zero-order chi connectivity index (χ0) is 13.8. The lowest BCUT2D eigenvalue weighted by atomic mass is 9.95. The van der Waals surface area contributed by atoms with Gasteiger partial charge in [0.15, 0.2) is 0 Å². The first kappa shape index (κ1) is 14.4. The number of benzene rings is 1. The number of aliphatic hydroxyl groups is 1. The molecule has 1 heterocycles. The zero-order valence-corrected chi connectivity index (χ0v) is 12.3. The summed E-state index contributed by atoms with van der Waals surface area (Å²) in [5.74, 6) is 0.905. The van der Waals surface area contributed by atoms with Crippen molar-refractivity contribution < 1.29 is 9.84 Å². The average Bonchev–Trinajstić information content (AvgIpc) is 2.42. The molecule has 2 rings (SSSR count). The third-order valence-corrected chi connectivity index (χ3v) is 4.05. The SMILES string of the molecule is COc1cc(C)cc(C)c1C(CO)N1CCCCC1. The van der Waals surface area contributed by atoms with Gasteiger partial charge in [-0.05, 0) is 57.0 Å². The molecule has 1 aromatic carbocycles. The molecule has 1 fully saturated rings. The first-order chi connectivity index (χ1) is 9.17. The lowest BCUT2D eigenvalue weighted by Gasteiger charge is -2.35. The van der Waals surface area contributed by atoms with E-state index in [0.29, 0.717) is 0 Å². The van der Waals surface area contributed by atoms with E-state index in [2.05, 4.69) is 30.9 Å². The molecule has 106 valence electrons. The van der Waals surface area contributed by atoms with Crippen LogP contribution in [0.5, 0.6) is 5.75 Å². The third-order valence-electron chi connectivity index (χ3n) is 4.05. The van der Waals surface area contributed by atoms with Crippen LogP contribution in [0.3, 0.4) is 0 Å². The predicted octanol–water partition coefficient (Wildman–Crippen LogP) is 2.83. The second kappa shape index (κ2) is 6.40. The van der Waals surface area contributed by atoms with Crippen molar-refractivity contribution in [3.8, 4) is 5.75 Å². The summed E-state index contributed by atoms with van der Waals surface area (Å²) in [5, 5.41) is 9.85. The third kappa shape index (κ3) is 3.10. The highest BCUT2D eigenvalue weighted by molar-refractivity contribution is 5.45. The van der Waals surface area contributed by atoms with E-state index >= 15 is 0 Å². The van der Waals surface area contributed by atoms with Gasteiger partial charge in [-0.25, -0.2) is 0 Å². The smallest absolute Gasteiger partial charge is 0.124 e. The molecule has 3 heteroatoms. The molecule has 3 nitrogen and oxygen atoms in total. The lowest BCUT2D eigenvalue weighted by Crippen LogP contribution is -2.36. The molecule has 0 saturated carbocycles. The standard InChI is InChI=1S/C16H25NO2/c1-12-9-13(2)16(15(10-12)19-3)14(11-18)17-7-5-4-6-8-17/h9-10,14,18H,4-8,11H2,1-3H3. The Bertz CT molecular complexity index is 425. The van der Waals surface area contributed by atoms with Crippen molar-refractivity contribution in [1.29, 1.82) is 0 Å². The Balaban J connectivity index is 2.36. The molecule has 1 N–H and O–H groups in total. The second-order valence-electron chi connectivity index (χ2n) is 5.49. The van der Waals surface area contributed by atoms with Crippen molar-refractivity contribution in [3.63, 3.8) is 0 Å². The molecule has 1 saturated heterocycles.